The van der Waals surface area contributed by atoms with Crippen LogP contribution in [0.15, 0.2) is 84.9 Å². The van der Waals surface area contributed by atoms with Gasteiger partial charge in [0.2, 0.25) is 11.8 Å². The lowest BCUT2D eigenvalue weighted by atomic mass is 9.89. The van der Waals surface area contributed by atoms with Crippen molar-refractivity contribution in [2.45, 2.75) is 44.8 Å². The third-order valence-electron chi connectivity index (χ3n) is 7.10. The number of guanidine groups is 1. The zero-order chi connectivity index (χ0) is 32.8. The number of urea groups is 1. The van der Waals surface area contributed by atoms with Gasteiger partial charge in [-0.15, -0.1) is 0 Å². The predicted molar refractivity (Wildman–Crippen MR) is 171 cm³/mol. The molecule has 0 aliphatic carbocycles. The lowest BCUT2D eigenvalue weighted by Gasteiger charge is -2.33. The number of nitrogens with one attached hydrogen (secondary N) is 3. The summed E-state index contributed by atoms with van der Waals surface area (Å²) in [5, 5.41) is 12.3. The van der Waals surface area contributed by atoms with Crippen molar-refractivity contribution in [3.8, 4) is 0 Å². The molecule has 0 aliphatic heterocycles. The molecule has 1 atom stereocenters. The summed E-state index contributed by atoms with van der Waals surface area (Å²) in [5.74, 6) is -1.79. The third-order valence-corrected chi connectivity index (χ3v) is 7.10. The van der Waals surface area contributed by atoms with Gasteiger partial charge in [0.25, 0.3) is 0 Å². The Balaban J connectivity index is 1.90. The minimum absolute atomic E-state index is 0.0994. The summed E-state index contributed by atoms with van der Waals surface area (Å²) in [7, 11) is 1.55. The van der Waals surface area contributed by atoms with Crippen LogP contribution in [0.3, 0.4) is 0 Å². The van der Waals surface area contributed by atoms with Gasteiger partial charge in [0, 0.05) is 26.7 Å². The van der Waals surface area contributed by atoms with Crippen molar-refractivity contribution in [1.82, 2.24) is 20.4 Å². The molecule has 0 fully saturated rings. The number of benzene rings is 3. The second-order valence-corrected chi connectivity index (χ2v) is 10.4. The van der Waals surface area contributed by atoms with Gasteiger partial charge in [0.15, 0.2) is 5.96 Å². The van der Waals surface area contributed by atoms with Gasteiger partial charge in [-0.25, -0.2) is 14.9 Å². The highest BCUT2D eigenvalue weighted by Gasteiger charge is 2.34. The highest BCUT2D eigenvalue weighted by Crippen LogP contribution is 2.29. The summed E-state index contributed by atoms with van der Waals surface area (Å²) in [4.78, 5) is 54.2. The number of ether oxygens (including phenoxy) is 1. The van der Waals surface area contributed by atoms with E-state index in [1.165, 1.54) is 9.80 Å². The van der Waals surface area contributed by atoms with E-state index in [-0.39, 0.29) is 38.0 Å². The molecule has 7 N–H and O–H groups in total. The lowest BCUT2D eigenvalue weighted by Crippen LogP contribution is -2.49. The molecule has 5 amide bonds. The molecule has 0 aromatic heterocycles. The fourth-order valence-corrected chi connectivity index (χ4v) is 4.89. The van der Waals surface area contributed by atoms with Crippen LogP contribution in [0.25, 0.3) is 0 Å². The van der Waals surface area contributed by atoms with Crippen molar-refractivity contribution >= 4 is 29.9 Å². The first kappa shape index (κ1) is 34.1. The van der Waals surface area contributed by atoms with Crippen LogP contribution in [0.1, 0.15) is 47.9 Å². The van der Waals surface area contributed by atoms with Gasteiger partial charge in [-0.2, -0.15) is 0 Å². The number of nitrogens with two attached hydrogens (primary N) is 2. The first-order valence-electron chi connectivity index (χ1n) is 14.6. The molecule has 0 spiro atoms. The van der Waals surface area contributed by atoms with E-state index in [0.717, 1.165) is 22.3 Å². The highest BCUT2D eigenvalue weighted by molar-refractivity contribution is 5.92. The molecular weight excluding hydrogens is 574 g/mol. The number of carbonyl (C=O) groups is 4. The van der Waals surface area contributed by atoms with Gasteiger partial charge in [-0.1, -0.05) is 84.9 Å². The molecule has 12 nitrogen and oxygen atoms in total. The monoisotopic (exact) mass is 615 g/mol. The molecule has 0 heterocycles. The maximum Gasteiger partial charge on any atom is 0.415 e. The van der Waals surface area contributed by atoms with Gasteiger partial charge in [0.1, 0.15) is 6.04 Å². The summed E-state index contributed by atoms with van der Waals surface area (Å²) >= 11 is 0. The largest absolute Gasteiger partial charge is 0.450 e. The molecule has 3 aromatic rings. The van der Waals surface area contributed by atoms with Gasteiger partial charge in [-0.05, 0) is 42.0 Å². The van der Waals surface area contributed by atoms with E-state index in [9.17, 15) is 19.2 Å². The van der Waals surface area contributed by atoms with E-state index in [1.807, 2.05) is 84.9 Å². The third kappa shape index (κ3) is 10.4. The minimum atomic E-state index is -0.932. The molecule has 0 saturated heterocycles. The summed E-state index contributed by atoms with van der Waals surface area (Å²) in [6.07, 6.45) is -0.118. The standard InChI is InChI=1S/C33H41N7O5/c1-3-45-33(44)38-32(43)39(2)21-23-16-18-24(19-17-23)22-40(27(29(34)41)15-10-20-37-31(35)36)30(42)28(25-11-6-4-7-12-25)26-13-8-5-9-14-26/h4-9,11-14,16-19,27-28H,3,10,15,20-22H2,1-2H3,(H2,34,41)(H4,35,36,37)(H,38,43,44)/t27-/m1/s1. The number of rotatable bonds is 14. The maximum atomic E-state index is 14.5. The van der Waals surface area contributed by atoms with Gasteiger partial charge >= 0.3 is 12.1 Å². The summed E-state index contributed by atoms with van der Waals surface area (Å²) in [6, 6.07) is 24.5. The van der Waals surface area contributed by atoms with Crippen LogP contribution in [0.4, 0.5) is 9.59 Å². The molecule has 0 aliphatic rings. The number of amides is 5. The van der Waals surface area contributed by atoms with E-state index >= 15 is 0 Å². The van der Waals surface area contributed by atoms with E-state index in [1.54, 1.807) is 14.0 Å². The van der Waals surface area contributed by atoms with Gasteiger partial charge in [-0.3, -0.25) is 15.0 Å². The average molecular weight is 616 g/mol. The molecule has 0 saturated carbocycles. The topological polar surface area (TPSA) is 184 Å². The molecule has 0 unspecified atom stereocenters. The minimum Gasteiger partial charge on any atom is -0.450 e. The van der Waals surface area contributed by atoms with E-state index in [0.29, 0.717) is 13.0 Å². The number of hydrogen-bond acceptors (Lipinski definition) is 6. The van der Waals surface area contributed by atoms with Crippen molar-refractivity contribution in [1.29, 1.82) is 5.41 Å². The molecule has 3 rings (SSSR count). The van der Waals surface area contributed by atoms with E-state index in [4.69, 9.17) is 21.6 Å². The molecule has 45 heavy (non-hydrogen) atoms. The van der Waals surface area contributed by atoms with Crippen molar-refractivity contribution in [3.05, 3.63) is 107 Å². The smallest absolute Gasteiger partial charge is 0.415 e. The lowest BCUT2D eigenvalue weighted by molar-refractivity contribution is -0.141. The molecule has 238 valence electrons. The van der Waals surface area contributed by atoms with Crippen LogP contribution in [0.2, 0.25) is 0 Å². The summed E-state index contributed by atoms with van der Waals surface area (Å²) in [5.41, 5.74) is 14.4. The van der Waals surface area contributed by atoms with Crippen LogP contribution < -0.4 is 22.1 Å². The molecular formula is C33H41N7O5. The summed E-state index contributed by atoms with van der Waals surface area (Å²) in [6.45, 7) is 2.44. The van der Waals surface area contributed by atoms with Gasteiger partial charge < -0.3 is 31.3 Å². The molecule has 12 heteroatoms. The van der Waals surface area contributed by atoms with Crippen LogP contribution in [0, 0.1) is 5.41 Å². The zero-order valence-electron chi connectivity index (χ0n) is 25.6. The van der Waals surface area contributed by atoms with Gasteiger partial charge in [0.05, 0.1) is 12.5 Å². The Morgan fingerprint density at radius 2 is 1.38 bits per heavy atom. The SMILES string of the molecule is CCOC(=O)NC(=O)N(C)Cc1ccc(CN(C(=O)C(c2ccccc2)c2ccccc2)[C@H](CCCNC(=N)N)C(N)=O)cc1. The average Bonchev–Trinajstić information content (AvgIpc) is 3.02. The van der Waals surface area contributed by atoms with Crippen molar-refractivity contribution in [3.63, 3.8) is 0 Å². The van der Waals surface area contributed by atoms with Crippen molar-refractivity contribution < 1.29 is 23.9 Å². The van der Waals surface area contributed by atoms with Crippen molar-refractivity contribution in [2.75, 3.05) is 20.2 Å². The number of imide groups is 1. The number of hydrogen-bond donors (Lipinski definition) is 5. The second-order valence-electron chi connectivity index (χ2n) is 10.4. The zero-order valence-corrected chi connectivity index (χ0v) is 25.6. The molecule has 0 radical (unpaired) electrons. The number of primary amides is 1. The Labute approximate surface area is 263 Å². The highest BCUT2D eigenvalue weighted by atomic mass is 16.5. The predicted octanol–water partition coefficient (Wildman–Crippen LogP) is 3.26. The second kappa shape index (κ2) is 17.0. The number of nitrogens with zero attached hydrogens (tertiary/aromatic N) is 2. The van der Waals surface area contributed by atoms with Crippen LogP contribution >= 0.6 is 0 Å². The Kier molecular flexibility index (Phi) is 12.9. The van der Waals surface area contributed by atoms with Crippen LogP contribution in [-0.4, -0.2) is 65.9 Å². The molecule has 3 aromatic carbocycles. The van der Waals surface area contributed by atoms with E-state index < -0.39 is 30.0 Å². The Hall–Kier alpha value is -5.39. The Morgan fingerprint density at radius 3 is 1.87 bits per heavy atom. The number of alkyl carbamates (subject to hydrolysis) is 1. The first-order chi connectivity index (χ1) is 21.6. The number of carbonyl (C=O) groups excluding carboxylic acids is 4. The maximum absolute atomic E-state index is 14.5. The van der Waals surface area contributed by atoms with Crippen LogP contribution in [0.5, 0.6) is 0 Å². The quantitative estimate of drug-likeness (QED) is 0.105. The van der Waals surface area contributed by atoms with E-state index in [2.05, 4.69) is 10.6 Å². The van der Waals surface area contributed by atoms with Crippen LogP contribution in [-0.2, 0) is 27.4 Å². The fourth-order valence-electron chi connectivity index (χ4n) is 4.89. The Bertz CT molecular complexity index is 1400. The Morgan fingerprint density at radius 1 is 0.844 bits per heavy atom. The van der Waals surface area contributed by atoms with Crippen molar-refractivity contribution in [2.24, 2.45) is 11.5 Å². The summed E-state index contributed by atoms with van der Waals surface area (Å²) < 4.78 is 4.75. The fraction of sp³-hybridized carbons (Fsp3) is 0.303. The first-order valence-corrected chi connectivity index (χ1v) is 14.6. The molecule has 0 bridgehead atoms. The normalized spacial score (nSPS) is 11.3.